The highest BCUT2D eigenvalue weighted by Crippen LogP contribution is 2.38. The molecular weight excluding hydrogens is 1180 g/mol. The average Bonchev–Trinajstić information content (AvgIpc) is 1.56. The number of carbonyl (C=O) groups excluding carboxylic acids is 2. The molecule has 0 aliphatic carbocycles. The molecular formula is C84H146NO8P. The van der Waals surface area contributed by atoms with Crippen LogP contribution in [0.5, 0.6) is 0 Å². The summed E-state index contributed by atoms with van der Waals surface area (Å²) in [4.78, 5) is 38.2. The smallest absolute Gasteiger partial charge is 0.306 e. The molecule has 0 fully saturated rings. The Morgan fingerprint density at radius 1 is 0.330 bits per heavy atom. The van der Waals surface area contributed by atoms with Gasteiger partial charge in [0.1, 0.15) is 19.8 Å². The van der Waals surface area contributed by atoms with E-state index in [9.17, 15) is 19.0 Å². The first-order chi connectivity index (χ1) is 46.0. The number of esters is 2. The van der Waals surface area contributed by atoms with Crippen LogP contribution in [0.15, 0.2) is 134 Å². The fourth-order valence-corrected chi connectivity index (χ4v) is 11.5. The number of unbranched alkanes of at least 4 members (excludes halogenated alkanes) is 35. The summed E-state index contributed by atoms with van der Waals surface area (Å²) in [6, 6.07) is 0. The van der Waals surface area contributed by atoms with Gasteiger partial charge in [-0.3, -0.25) is 14.2 Å². The number of quaternary nitrogens is 1. The maximum atomic E-state index is 12.9. The average molecular weight is 1330 g/mol. The number of phosphoric acid groups is 1. The van der Waals surface area contributed by atoms with Gasteiger partial charge in [-0.15, -0.1) is 0 Å². The second-order valence-corrected chi connectivity index (χ2v) is 28.4. The van der Waals surface area contributed by atoms with Gasteiger partial charge in [-0.05, 0) is 109 Å². The molecule has 0 aliphatic rings. The van der Waals surface area contributed by atoms with Crippen molar-refractivity contribution in [3.05, 3.63) is 134 Å². The van der Waals surface area contributed by atoms with Crippen molar-refractivity contribution >= 4 is 19.8 Å². The van der Waals surface area contributed by atoms with E-state index in [-0.39, 0.29) is 32.0 Å². The third-order valence-electron chi connectivity index (χ3n) is 16.7. The molecule has 0 saturated carbocycles. The lowest BCUT2D eigenvalue weighted by Crippen LogP contribution is -2.37. The highest BCUT2D eigenvalue weighted by molar-refractivity contribution is 7.45. The number of likely N-dealkylation sites (N-methyl/N-ethyl adjacent to an activating group) is 1. The Morgan fingerprint density at radius 2 is 0.574 bits per heavy atom. The molecule has 0 heterocycles. The lowest BCUT2D eigenvalue weighted by atomic mass is 10.0. The van der Waals surface area contributed by atoms with E-state index in [1.54, 1.807) is 0 Å². The molecule has 0 N–H and O–H groups in total. The van der Waals surface area contributed by atoms with Gasteiger partial charge in [0, 0.05) is 12.8 Å². The SMILES string of the molecule is CC/C=C\C/C=C\C/C=C\C/C=C\C/C=C\C/C=C\C/C=C\CCCCCCCCCCCCCC(=O)OC(COC(=O)CCCCCCCCCCCCCCCCCCCCCCCCCC/C=C\C/C=C\C/C=C\C/C=C\CC)COP(=O)([O-])OCC[N+](C)(C)C. The number of phosphoric ester groups is 1. The van der Waals surface area contributed by atoms with Gasteiger partial charge in [-0.25, -0.2) is 0 Å². The maximum absolute atomic E-state index is 12.9. The van der Waals surface area contributed by atoms with E-state index >= 15 is 0 Å². The molecule has 0 radical (unpaired) electrons. The molecule has 9 nitrogen and oxygen atoms in total. The van der Waals surface area contributed by atoms with Crippen LogP contribution in [0.1, 0.15) is 335 Å². The summed E-state index contributed by atoms with van der Waals surface area (Å²) in [6.07, 6.45) is 107. The van der Waals surface area contributed by atoms with Crippen molar-refractivity contribution in [2.75, 3.05) is 47.5 Å². The Morgan fingerprint density at radius 3 is 0.851 bits per heavy atom. The largest absolute Gasteiger partial charge is 0.756 e. The topological polar surface area (TPSA) is 111 Å². The van der Waals surface area contributed by atoms with Gasteiger partial charge in [-0.2, -0.15) is 0 Å². The van der Waals surface area contributed by atoms with Crippen molar-refractivity contribution in [2.24, 2.45) is 0 Å². The lowest BCUT2D eigenvalue weighted by molar-refractivity contribution is -0.870. The summed E-state index contributed by atoms with van der Waals surface area (Å²) >= 11 is 0. The zero-order valence-electron chi connectivity index (χ0n) is 61.6. The van der Waals surface area contributed by atoms with E-state index in [1.165, 1.54) is 186 Å². The van der Waals surface area contributed by atoms with Gasteiger partial charge in [0.25, 0.3) is 7.82 Å². The van der Waals surface area contributed by atoms with E-state index in [1.807, 2.05) is 21.1 Å². The van der Waals surface area contributed by atoms with Crippen LogP contribution < -0.4 is 4.89 Å². The molecule has 0 amide bonds. The number of carbonyl (C=O) groups is 2. The van der Waals surface area contributed by atoms with E-state index in [0.29, 0.717) is 17.4 Å². The summed E-state index contributed by atoms with van der Waals surface area (Å²) < 4.78 is 34.4. The molecule has 10 heteroatoms. The fraction of sp³-hybridized carbons (Fsp3) is 0.714. The lowest BCUT2D eigenvalue weighted by Gasteiger charge is -2.28. The standard InChI is InChI=1S/C84H146NO8P/c1-6-8-10-12-14-16-18-20-22-24-26-28-30-32-34-36-38-40-41-42-43-45-46-48-50-52-54-56-58-60-62-64-66-68-70-72-74-76-83(86)90-80-82(81-92-94(88,89)91-79-78-85(3,4)5)93-84(87)77-75-73-71-69-67-65-63-61-59-57-55-53-51-49-47-44-39-37-35-33-31-29-27-25-23-21-19-17-15-13-11-9-7-2/h8-11,14-17,20-23,26-29,33,35,39,44,49,51,82H,6-7,12-13,18-19,24-25,30-32,34,36-38,40-43,45-48,50,52-81H2,1-5H3/b10-8-,11-9-,16-14-,17-15-,22-20-,23-21-,28-26-,29-27-,35-33-,44-39-,51-49-. The quantitative estimate of drug-likeness (QED) is 0.0195. The first kappa shape index (κ1) is 90.2. The normalized spacial score (nSPS) is 13.8. The Labute approximate surface area is 581 Å². The number of allylic oxidation sites excluding steroid dienone is 22. The molecule has 0 saturated heterocycles. The van der Waals surface area contributed by atoms with Crippen molar-refractivity contribution < 1.29 is 42.1 Å². The van der Waals surface area contributed by atoms with E-state index in [2.05, 4.69) is 148 Å². The summed E-state index contributed by atoms with van der Waals surface area (Å²) in [6.45, 7) is 4.04. The second kappa shape index (κ2) is 73.4. The second-order valence-electron chi connectivity index (χ2n) is 27.0. The van der Waals surface area contributed by atoms with Crippen molar-refractivity contribution in [1.82, 2.24) is 0 Å². The Kier molecular flexibility index (Phi) is 70.4. The van der Waals surface area contributed by atoms with Crippen LogP contribution in [0.3, 0.4) is 0 Å². The molecule has 0 aromatic rings. The number of rotatable bonds is 71. The molecule has 0 aliphatic heterocycles. The number of nitrogens with zero attached hydrogens (tertiary/aromatic N) is 1. The predicted molar refractivity (Wildman–Crippen MR) is 406 cm³/mol. The van der Waals surface area contributed by atoms with Crippen molar-refractivity contribution in [3.63, 3.8) is 0 Å². The minimum atomic E-state index is -4.65. The van der Waals surface area contributed by atoms with Crippen molar-refractivity contribution in [2.45, 2.75) is 341 Å². The van der Waals surface area contributed by atoms with Crippen LogP contribution in [0.25, 0.3) is 0 Å². The molecule has 94 heavy (non-hydrogen) atoms. The molecule has 0 bridgehead atoms. The van der Waals surface area contributed by atoms with E-state index in [0.717, 1.165) is 116 Å². The monoisotopic (exact) mass is 1330 g/mol. The molecule has 0 spiro atoms. The highest BCUT2D eigenvalue weighted by atomic mass is 31.2. The molecule has 2 atom stereocenters. The van der Waals surface area contributed by atoms with Crippen LogP contribution in [-0.4, -0.2) is 70.0 Å². The summed E-state index contributed by atoms with van der Waals surface area (Å²) in [5, 5.41) is 0. The van der Waals surface area contributed by atoms with Crippen LogP contribution in [0.4, 0.5) is 0 Å². The van der Waals surface area contributed by atoms with Gasteiger partial charge in [0.2, 0.25) is 0 Å². The minimum Gasteiger partial charge on any atom is -0.756 e. The summed E-state index contributed by atoms with van der Waals surface area (Å²) in [5.41, 5.74) is 0. The van der Waals surface area contributed by atoms with Gasteiger partial charge in [0.15, 0.2) is 6.10 Å². The first-order valence-corrected chi connectivity index (χ1v) is 40.4. The molecule has 2 unspecified atom stereocenters. The highest BCUT2D eigenvalue weighted by Gasteiger charge is 2.22. The fourth-order valence-electron chi connectivity index (χ4n) is 10.8. The zero-order chi connectivity index (χ0) is 68.3. The predicted octanol–water partition coefficient (Wildman–Crippen LogP) is 25.3. The molecule has 540 valence electrons. The number of hydrogen-bond acceptors (Lipinski definition) is 8. The van der Waals surface area contributed by atoms with Crippen LogP contribution in [0.2, 0.25) is 0 Å². The number of hydrogen-bond donors (Lipinski definition) is 0. The van der Waals surface area contributed by atoms with Crippen molar-refractivity contribution in [1.29, 1.82) is 0 Å². The van der Waals surface area contributed by atoms with E-state index in [4.69, 9.17) is 18.5 Å². The summed E-state index contributed by atoms with van der Waals surface area (Å²) in [5.74, 6) is -0.829. The van der Waals surface area contributed by atoms with Gasteiger partial charge < -0.3 is 27.9 Å². The van der Waals surface area contributed by atoms with Gasteiger partial charge >= 0.3 is 11.9 Å². The zero-order valence-corrected chi connectivity index (χ0v) is 62.5. The number of ether oxygens (including phenoxy) is 2. The first-order valence-electron chi connectivity index (χ1n) is 38.9. The van der Waals surface area contributed by atoms with Crippen LogP contribution in [-0.2, 0) is 32.7 Å². The van der Waals surface area contributed by atoms with Crippen molar-refractivity contribution in [3.8, 4) is 0 Å². The van der Waals surface area contributed by atoms with Crippen LogP contribution >= 0.6 is 7.82 Å². The Bertz CT molecular complexity index is 2050. The van der Waals surface area contributed by atoms with Gasteiger partial charge in [-0.1, -0.05) is 347 Å². The Balaban J connectivity index is 3.98. The minimum absolute atomic E-state index is 0.0349. The van der Waals surface area contributed by atoms with Crippen LogP contribution in [0, 0.1) is 0 Å². The summed E-state index contributed by atoms with van der Waals surface area (Å²) in [7, 11) is 1.16. The third-order valence-corrected chi connectivity index (χ3v) is 17.6. The third kappa shape index (κ3) is 77.2. The molecule has 0 aromatic carbocycles. The van der Waals surface area contributed by atoms with E-state index < -0.39 is 26.5 Å². The van der Waals surface area contributed by atoms with Gasteiger partial charge in [0.05, 0.1) is 27.7 Å². The maximum Gasteiger partial charge on any atom is 0.306 e. The molecule has 0 rings (SSSR count). The Hall–Kier alpha value is -3.85. The molecule has 0 aromatic heterocycles.